The molecule has 2 fully saturated rings. The smallest absolute Gasteiger partial charge is 0.315 e. The van der Waals surface area contributed by atoms with Crippen molar-refractivity contribution in [2.24, 2.45) is 27.7 Å². The summed E-state index contributed by atoms with van der Waals surface area (Å²) in [6.07, 6.45) is 9.62. The van der Waals surface area contributed by atoms with Gasteiger partial charge in [0.1, 0.15) is 40.4 Å². The zero-order valence-corrected chi connectivity index (χ0v) is 42.3. The Balaban J connectivity index is 1.09. The van der Waals surface area contributed by atoms with E-state index in [1.807, 2.05) is 4.90 Å². The van der Waals surface area contributed by atoms with Crippen molar-refractivity contribution in [3.8, 4) is 17.2 Å². The first-order chi connectivity index (χ1) is 34.3. The van der Waals surface area contributed by atoms with E-state index in [0.29, 0.717) is 76.1 Å². The Morgan fingerprint density at radius 2 is 1.71 bits per heavy atom. The number of rotatable bonds is 6. The standard InChI is InChI=1S/C53H68N8O11/c1-30(2)29-59-22-16-53(17-23-59)57-42-39-40-46(66)34(6)48-41(39)49(68)52(7,72-48)70-26-9-8-15-35(71-38(64)28-37(63)60-20-12-21-61(25-24-60)51-54-18-11-19-55-51)27-36(62)33(5)45(65)31(3)13-10-14-32(4)50(69)56-44(47(40)67)43(42)58-53/h9-11,13-14,18-19,26,30-31,33,35-36,45,57,62,65-67H,8,12,15-17,20-25,27-29H2,1-7H3/b13-10+,26-9+,32-14-,56-44?/t31?,33-,35+,36?,45-,52-/m0/s1. The van der Waals surface area contributed by atoms with E-state index in [-0.39, 0.29) is 68.9 Å². The number of nitrogens with zero attached hydrogens (tertiary/aromatic N) is 7. The van der Waals surface area contributed by atoms with Crippen LogP contribution in [-0.2, 0) is 23.9 Å². The third-order valence-electron chi connectivity index (χ3n) is 14.6. The zero-order valence-electron chi connectivity index (χ0n) is 42.3. The molecule has 5 N–H and O–H groups in total. The number of hydrogen-bond donors (Lipinski definition) is 5. The van der Waals surface area contributed by atoms with E-state index < -0.39 is 77.3 Å². The molecular weight excluding hydrogens is 925 g/mol. The van der Waals surface area contributed by atoms with Crippen LogP contribution in [0.4, 0.5) is 11.6 Å². The van der Waals surface area contributed by atoms with Crippen LogP contribution in [0.1, 0.15) is 102 Å². The monoisotopic (exact) mass is 993 g/mol. The fraction of sp³-hybridized carbons (Fsp3) is 0.547. The molecule has 9 rings (SSSR count). The molecule has 0 aliphatic carbocycles. The molecule has 0 saturated carbocycles. The number of ketones is 1. The van der Waals surface area contributed by atoms with Gasteiger partial charge >= 0.3 is 11.8 Å². The van der Waals surface area contributed by atoms with E-state index >= 15 is 0 Å². The summed E-state index contributed by atoms with van der Waals surface area (Å²) < 4.78 is 18.3. The van der Waals surface area contributed by atoms with Crippen molar-refractivity contribution >= 4 is 46.0 Å². The third kappa shape index (κ3) is 10.7. The SMILES string of the molecule is C/C1=C/C=C/C(C)[C@H](O)[C@@H](C)C(O)C[C@H](OC(=O)CC(=O)N2CCCN(c3ncccn3)CC2)CC/C=C/O[C@@]2(C)Oc3c(C)c(O)c4c(O)c(c5c(c4c3C2=O)NC2(CCN(CC(C)C)CC2)N=5)=NC1=O. The van der Waals surface area contributed by atoms with Gasteiger partial charge in [0.15, 0.2) is 5.75 Å². The van der Waals surface area contributed by atoms with Crippen molar-refractivity contribution in [3.05, 3.63) is 76.4 Å². The lowest BCUT2D eigenvalue weighted by molar-refractivity contribution is -0.155. The number of phenols is 2. The number of amides is 2. The number of aromatic nitrogens is 2. The van der Waals surface area contributed by atoms with Crippen LogP contribution < -0.4 is 25.7 Å². The number of piperidine rings is 1. The molecule has 19 nitrogen and oxygen atoms in total. The molecule has 19 heteroatoms. The van der Waals surface area contributed by atoms with E-state index in [4.69, 9.17) is 19.2 Å². The molecule has 1 spiro atoms. The Kier molecular flexibility index (Phi) is 15.4. The van der Waals surface area contributed by atoms with Crippen LogP contribution in [0, 0.1) is 24.7 Å². The van der Waals surface area contributed by atoms with Crippen LogP contribution in [0.15, 0.2) is 64.6 Å². The maximum absolute atomic E-state index is 14.8. The molecule has 72 heavy (non-hydrogen) atoms. The highest BCUT2D eigenvalue weighted by molar-refractivity contribution is 6.21. The highest BCUT2D eigenvalue weighted by Gasteiger charge is 2.50. The topological polar surface area (TPSA) is 249 Å². The van der Waals surface area contributed by atoms with Crippen molar-refractivity contribution in [2.75, 3.05) is 56.0 Å². The fourth-order valence-corrected chi connectivity index (χ4v) is 10.3. The zero-order chi connectivity index (χ0) is 51.6. The summed E-state index contributed by atoms with van der Waals surface area (Å²) in [6.45, 7) is 16.6. The molecule has 3 aromatic rings. The second-order valence-corrected chi connectivity index (χ2v) is 20.5. The number of aromatic hydroxyl groups is 2. The Morgan fingerprint density at radius 3 is 2.43 bits per heavy atom. The summed E-state index contributed by atoms with van der Waals surface area (Å²) in [7, 11) is 0. The fourth-order valence-electron chi connectivity index (χ4n) is 10.3. The number of benzene rings is 2. The quantitative estimate of drug-likeness (QED) is 0.129. The van der Waals surface area contributed by atoms with Crippen LogP contribution in [0.3, 0.4) is 0 Å². The minimum absolute atomic E-state index is 0.0527. The highest BCUT2D eigenvalue weighted by Crippen LogP contribution is 2.51. The van der Waals surface area contributed by atoms with E-state index in [9.17, 15) is 39.6 Å². The maximum Gasteiger partial charge on any atom is 0.315 e. The van der Waals surface area contributed by atoms with Crippen LogP contribution >= 0.6 is 0 Å². The molecule has 6 aliphatic heterocycles. The maximum atomic E-state index is 14.8. The molecule has 5 bridgehead atoms. The Labute approximate surface area is 419 Å². The van der Waals surface area contributed by atoms with Crippen LogP contribution in [0.25, 0.3) is 10.8 Å². The molecular formula is C53H68N8O11. The average Bonchev–Trinajstić information content (AvgIpc) is 3.71. The Bertz CT molecular complexity index is 2810. The number of ether oxygens (including phenoxy) is 3. The van der Waals surface area contributed by atoms with Crippen molar-refractivity contribution in [1.29, 1.82) is 0 Å². The van der Waals surface area contributed by atoms with Crippen LogP contribution in [0.5, 0.6) is 17.2 Å². The number of anilines is 2. The van der Waals surface area contributed by atoms with E-state index in [1.54, 1.807) is 69.3 Å². The number of aliphatic hydroxyl groups is 2. The van der Waals surface area contributed by atoms with E-state index in [1.165, 1.54) is 19.3 Å². The summed E-state index contributed by atoms with van der Waals surface area (Å²) in [6, 6.07) is 1.73. The minimum Gasteiger partial charge on any atom is -0.507 e. The summed E-state index contributed by atoms with van der Waals surface area (Å²) in [5.41, 5.74) is -0.148. The second kappa shape index (κ2) is 21.3. The number of carbonyl (C=O) groups excluding carboxylic acids is 4. The highest BCUT2D eigenvalue weighted by atomic mass is 16.7. The summed E-state index contributed by atoms with van der Waals surface area (Å²) in [5.74, 6) is -5.43. The molecule has 6 atom stereocenters. The van der Waals surface area contributed by atoms with Crippen molar-refractivity contribution in [2.45, 2.75) is 123 Å². The first-order valence-corrected chi connectivity index (χ1v) is 25.1. The number of likely N-dealkylation sites (tertiary alicyclic amines) is 1. The van der Waals surface area contributed by atoms with Gasteiger partial charge in [-0.3, -0.25) is 24.2 Å². The normalized spacial score (nSPS) is 27.8. The second-order valence-electron chi connectivity index (χ2n) is 20.5. The largest absolute Gasteiger partial charge is 0.507 e. The lowest BCUT2D eigenvalue weighted by Crippen LogP contribution is -2.47. The Hall–Kier alpha value is -6.44. The summed E-state index contributed by atoms with van der Waals surface area (Å²) in [5, 5.41) is 50.6. The van der Waals surface area contributed by atoms with Gasteiger partial charge in [0.2, 0.25) is 11.9 Å². The number of esters is 1. The number of hydrogen-bond acceptors (Lipinski definition) is 17. The van der Waals surface area contributed by atoms with Crippen LogP contribution in [0.2, 0.25) is 0 Å². The molecule has 2 aromatic carbocycles. The van der Waals surface area contributed by atoms with Crippen molar-refractivity contribution in [3.63, 3.8) is 0 Å². The van der Waals surface area contributed by atoms with Gasteiger partial charge in [-0.1, -0.05) is 45.9 Å². The van der Waals surface area contributed by atoms with Gasteiger partial charge in [0.05, 0.1) is 35.1 Å². The van der Waals surface area contributed by atoms with Gasteiger partial charge in [-0.2, -0.15) is 0 Å². The summed E-state index contributed by atoms with van der Waals surface area (Å²) >= 11 is 0. The van der Waals surface area contributed by atoms with E-state index in [0.717, 1.165) is 6.54 Å². The molecule has 2 saturated heterocycles. The molecule has 7 heterocycles. The van der Waals surface area contributed by atoms with Gasteiger partial charge in [0.25, 0.3) is 11.7 Å². The molecule has 6 aliphatic rings. The predicted molar refractivity (Wildman–Crippen MR) is 267 cm³/mol. The van der Waals surface area contributed by atoms with Gasteiger partial charge in [-0.15, -0.1) is 0 Å². The van der Waals surface area contributed by atoms with Crippen molar-refractivity contribution in [1.82, 2.24) is 19.8 Å². The lowest BCUT2D eigenvalue weighted by atomic mass is 9.86. The number of allylic oxidation sites excluding steroid dienone is 3. The van der Waals surface area contributed by atoms with Crippen molar-refractivity contribution < 1.29 is 53.8 Å². The number of nitrogens with one attached hydrogen (secondary N) is 1. The molecule has 386 valence electrons. The predicted octanol–water partition coefficient (Wildman–Crippen LogP) is 4.53. The number of carbonyl (C=O) groups is 4. The molecule has 1 aromatic heterocycles. The van der Waals surface area contributed by atoms with Gasteiger partial charge in [-0.05, 0) is 51.2 Å². The minimum atomic E-state index is -1.94. The number of aliphatic hydroxyl groups excluding tert-OH is 2. The number of fused-ring (bicyclic) bond motifs is 13. The molecule has 0 radical (unpaired) electrons. The lowest BCUT2D eigenvalue weighted by Gasteiger charge is -2.38. The van der Waals surface area contributed by atoms with Gasteiger partial charge in [-0.25, -0.2) is 15.0 Å². The number of Topliss-reactive ketones (excluding diaryl/α,β-unsaturated/α-hetero) is 1. The van der Waals surface area contributed by atoms with E-state index in [2.05, 4.69) is 39.0 Å². The summed E-state index contributed by atoms with van der Waals surface area (Å²) in [4.78, 5) is 79.9. The average molecular weight is 993 g/mol. The van der Waals surface area contributed by atoms with Crippen LogP contribution in [-0.4, -0.2) is 139 Å². The van der Waals surface area contributed by atoms with Gasteiger partial charge in [0, 0.05) is 113 Å². The molecule has 2 unspecified atom stereocenters. The van der Waals surface area contributed by atoms with Gasteiger partial charge < -0.3 is 54.7 Å². The first kappa shape index (κ1) is 51.9. The third-order valence-corrected chi connectivity index (χ3v) is 14.6. The Morgan fingerprint density at radius 1 is 0.972 bits per heavy atom. The number of phenolic OH excluding ortho intramolecular Hbond substituents is 2. The molecule has 2 amide bonds. The first-order valence-electron chi connectivity index (χ1n) is 25.1.